The second-order valence-corrected chi connectivity index (χ2v) is 11.9. The number of aliphatic hydroxyl groups excluding tert-OH is 12. The molecule has 0 saturated carbocycles. The molecular weight excluding hydrogens is 678 g/mol. The minimum absolute atomic E-state index is 0.881. The highest BCUT2D eigenvalue weighted by Crippen LogP contribution is 2.39. The number of carboxylic acid groups (broad SMARTS) is 2. The van der Waals surface area contributed by atoms with E-state index >= 15 is 0 Å². The van der Waals surface area contributed by atoms with Crippen molar-refractivity contribution in [2.24, 2.45) is 0 Å². The summed E-state index contributed by atoms with van der Waals surface area (Å²) in [5.74, 6) is -11.3. The van der Waals surface area contributed by atoms with Gasteiger partial charge in [0.1, 0.15) is 67.1 Å². The van der Waals surface area contributed by atoms with Crippen molar-refractivity contribution < 1.29 is 110 Å². The van der Waals surface area contributed by atoms with Gasteiger partial charge in [-0.15, -0.1) is 0 Å². The summed E-state index contributed by atoms with van der Waals surface area (Å²) in [6.45, 7) is -2.48. The number of carbonyl (C=O) groups excluding carboxylic acids is 1. The molecule has 0 bridgehead atoms. The molecule has 284 valence electrons. The number of ether oxygens (including phenoxy) is 5. The van der Waals surface area contributed by atoms with Crippen LogP contribution >= 0.6 is 0 Å². The third-order valence-electron chi connectivity index (χ3n) is 8.45. The molecule has 3 aliphatic rings. The molecule has 3 heterocycles. The zero-order valence-electron chi connectivity index (χ0n) is 25.7. The van der Waals surface area contributed by atoms with Gasteiger partial charge in [-0.25, -0.2) is 9.59 Å². The Morgan fingerprint density at radius 3 is 1.88 bits per heavy atom. The normalized spacial score (nSPS) is 42.4. The van der Waals surface area contributed by atoms with Crippen molar-refractivity contribution in [1.82, 2.24) is 5.32 Å². The van der Waals surface area contributed by atoms with Gasteiger partial charge in [-0.2, -0.15) is 0 Å². The Morgan fingerprint density at radius 2 is 1.37 bits per heavy atom. The molecule has 0 aromatic carbocycles. The van der Waals surface area contributed by atoms with Gasteiger partial charge in [0.15, 0.2) is 6.29 Å². The van der Waals surface area contributed by atoms with Crippen LogP contribution in [0.15, 0.2) is 0 Å². The Balaban J connectivity index is 2.03. The SMILES string of the molecule is CC(=O)N[C@H]1C(C(O)C(CO)O[C@]2(C(=O)O)C[C@H](O)[C@@H](O)[C@H](C(O)C(O)CO)O2)O[C@@](O[C@@H]2[C@@H](O)[C@H](O)O[C@H](CO)[C@@H]2O)(C(=O)O)C[C@@H]1O. The first-order valence-corrected chi connectivity index (χ1v) is 14.8. The summed E-state index contributed by atoms with van der Waals surface area (Å²) in [4.78, 5) is 37.2. The fourth-order valence-corrected chi connectivity index (χ4v) is 5.83. The second-order valence-electron chi connectivity index (χ2n) is 11.9. The van der Waals surface area contributed by atoms with E-state index in [9.17, 15) is 85.9 Å². The minimum atomic E-state index is -3.16. The predicted octanol–water partition coefficient (Wildman–Crippen LogP) is -9.02. The van der Waals surface area contributed by atoms with Crippen LogP contribution in [0.1, 0.15) is 19.8 Å². The number of amides is 1. The first kappa shape index (κ1) is 41.2. The van der Waals surface area contributed by atoms with Gasteiger partial charge in [0, 0.05) is 19.8 Å². The van der Waals surface area contributed by atoms with Gasteiger partial charge >= 0.3 is 11.9 Å². The van der Waals surface area contributed by atoms with Crippen LogP contribution in [0.25, 0.3) is 0 Å². The number of aliphatic hydroxyl groups is 12. The Bertz CT molecular complexity index is 1150. The predicted molar refractivity (Wildman–Crippen MR) is 147 cm³/mol. The van der Waals surface area contributed by atoms with Crippen molar-refractivity contribution in [1.29, 1.82) is 0 Å². The van der Waals surface area contributed by atoms with Crippen LogP contribution in [0, 0.1) is 0 Å². The molecule has 3 saturated heterocycles. The lowest BCUT2D eigenvalue weighted by Crippen LogP contribution is -2.71. The standard InChI is InChI=1S/C26H43NO22/c1-7(31)27-13-8(32)2-26(24(43)44,49-21-16(37)11(5-29)45-22(40)18(21)39)47-19(13)17(38)12(6-30)46-25(23(41)42)3-9(33)14(35)20(48-25)15(36)10(34)4-28/h8-22,28-30,32-40H,2-6H2,1H3,(H,27,31)(H,41,42)(H,43,44)/t8-,9-,10?,11+,12?,13+,14+,15?,16-,17?,18+,19?,20+,21-,22+,25+,26-/m0/s1. The van der Waals surface area contributed by atoms with Crippen LogP contribution in [0.2, 0.25) is 0 Å². The second kappa shape index (κ2) is 16.4. The van der Waals surface area contributed by atoms with Gasteiger partial charge in [0.05, 0.1) is 38.1 Å². The first-order chi connectivity index (χ1) is 22.8. The summed E-state index contributed by atoms with van der Waals surface area (Å²) < 4.78 is 26.5. The molecule has 23 nitrogen and oxygen atoms in total. The molecule has 49 heavy (non-hydrogen) atoms. The zero-order valence-corrected chi connectivity index (χ0v) is 25.7. The van der Waals surface area contributed by atoms with Crippen molar-refractivity contribution in [3.05, 3.63) is 0 Å². The Morgan fingerprint density at radius 1 is 0.796 bits per heavy atom. The molecule has 1 amide bonds. The van der Waals surface area contributed by atoms with Crippen LogP contribution in [0.4, 0.5) is 0 Å². The molecule has 3 rings (SSSR count). The number of rotatable bonds is 14. The summed E-state index contributed by atoms with van der Waals surface area (Å²) in [5, 5.41) is 146. The lowest BCUT2D eigenvalue weighted by Gasteiger charge is -2.50. The number of nitrogens with one attached hydrogen (secondary N) is 1. The highest BCUT2D eigenvalue weighted by molar-refractivity contribution is 5.77. The first-order valence-electron chi connectivity index (χ1n) is 14.8. The average molecular weight is 722 g/mol. The van der Waals surface area contributed by atoms with E-state index in [1.54, 1.807) is 0 Å². The fourth-order valence-electron chi connectivity index (χ4n) is 5.83. The van der Waals surface area contributed by atoms with Crippen molar-refractivity contribution in [2.45, 2.75) is 123 Å². The van der Waals surface area contributed by atoms with Gasteiger partial charge in [0.2, 0.25) is 5.91 Å². The maximum atomic E-state index is 12.7. The van der Waals surface area contributed by atoms with E-state index in [-0.39, 0.29) is 0 Å². The molecule has 0 spiro atoms. The molecule has 3 aliphatic heterocycles. The van der Waals surface area contributed by atoms with E-state index in [1.165, 1.54) is 0 Å². The van der Waals surface area contributed by atoms with Crippen LogP contribution in [0.3, 0.4) is 0 Å². The van der Waals surface area contributed by atoms with E-state index in [1.807, 2.05) is 0 Å². The van der Waals surface area contributed by atoms with E-state index < -0.39 is 154 Å². The van der Waals surface area contributed by atoms with Crippen LogP contribution in [-0.2, 0) is 38.1 Å². The number of aliphatic carboxylic acids is 2. The molecule has 23 heteroatoms. The van der Waals surface area contributed by atoms with E-state index in [0.29, 0.717) is 0 Å². The van der Waals surface area contributed by atoms with Crippen molar-refractivity contribution >= 4 is 17.8 Å². The Kier molecular flexibility index (Phi) is 13.8. The Labute approximate surface area is 276 Å². The smallest absolute Gasteiger partial charge is 0.364 e. The highest BCUT2D eigenvalue weighted by atomic mass is 16.8. The monoisotopic (exact) mass is 721 g/mol. The molecule has 15 N–H and O–H groups in total. The van der Waals surface area contributed by atoms with Crippen LogP contribution in [0.5, 0.6) is 0 Å². The number of carboxylic acids is 2. The lowest BCUT2D eigenvalue weighted by molar-refractivity contribution is -0.373. The van der Waals surface area contributed by atoms with Crippen molar-refractivity contribution in [3.63, 3.8) is 0 Å². The summed E-state index contributed by atoms with van der Waals surface area (Å²) >= 11 is 0. The molecular formula is C26H43NO22. The van der Waals surface area contributed by atoms with Crippen molar-refractivity contribution in [2.75, 3.05) is 19.8 Å². The minimum Gasteiger partial charge on any atom is -0.477 e. The van der Waals surface area contributed by atoms with Gasteiger partial charge in [-0.1, -0.05) is 0 Å². The number of carbonyl (C=O) groups is 3. The fraction of sp³-hybridized carbons (Fsp3) is 0.885. The van der Waals surface area contributed by atoms with Gasteiger partial charge < -0.3 is 100 Å². The summed E-state index contributed by atoms with van der Waals surface area (Å²) in [7, 11) is 0. The van der Waals surface area contributed by atoms with E-state index in [0.717, 1.165) is 6.92 Å². The molecule has 0 aliphatic carbocycles. The molecule has 0 aromatic rings. The zero-order chi connectivity index (χ0) is 37.2. The molecule has 5 unspecified atom stereocenters. The van der Waals surface area contributed by atoms with Gasteiger partial charge in [0.25, 0.3) is 11.6 Å². The third kappa shape index (κ3) is 8.45. The van der Waals surface area contributed by atoms with Crippen LogP contribution < -0.4 is 5.32 Å². The average Bonchev–Trinajstić information content (AvgIpc) is 3.04. The molecule has 0 radical (unpaired) electrons. The molecule has 3 fully saturated rings. The largest absolute Gasteiger partial charge is 0.477 e. The lowest BCUT2D eigenvalue weighted by atomic mass is 9.87. The maximum Gasteiger partial charge on any atom is 0.364 e. The van der Waals surface area contributed by atoms with Crippen LogP contribution in [-0.4, -0.2) is 212 Å². The number of hydrogen-bond donors (Lipinski definition) is 15. The van der Waals surface area contributed by atoms with E-state index in [4.69, 9.17) is 23.7 Å². The summed E-state index contributed by atoms with van der Waals surface area (Å²) in [6, 6.07) is -1.78. The van der Waals surface area contributed by atoms with E-state index in [2.05, 4.69) is 5.32 Å². The highest BCUT2D eigenvalue weighted by Gasteiger charge is 2.61. The summed E-state index contributed by atoms with van der Waals surface area (Å²) in [6.07, 6.45) is -31.9. The maximum absolute atomic E-state index is 12.7. The molecule has 17 atom stereocenters. The van der Waals surface area contributed by atoms with Crippen molar-refractivity contribution in [3.8, 4) is 0 Å². The number of hydrogen-bond acceptors (Lipinski definition) is 20. The topological polar surface area (TPSA) is 393 Å². The third-order valence-corrected chi connectivity index (χ3v) is 8.45. The van der Waals surface area contributed by atoms with Gasteiger partial charge in [-0.05, 0) is 0 Å². The quantitative estimate of drug-likeness (QED) is 0.0791. The van der Waals surface area contributed by atoms with Gasteiger partial charge in [-0.3, -0.25) is 4.79 Å². The summed E-state index contributed by atoms with van der Waals surface area (Å²) in [5.41, 5.74) is 0. The molecule has 0 aromatic heterocycles. The Hall–Kier alpha value is -2.27.